The van der Waals surface area contributed by atoms with Crippen LogP contribution in [0.25, 0.3) is 55.3 Å². The zero-order chi connectivity index (χ0) is 40.0. The van der Waals surface area contributed by atoms with Crippen LogP contribution in [-0.2, 0) is 10.8 Å². The number of hydrogen-bond acceptors (Lipinski definition) is 2. The van der Waals surface area contributed by atoms with Crippen LogP contribution in [0.2, 0.25) is 0 Å². The molecule has 2 nitrogen and oxygen atoms in total. The van der Waals surface area contributed by atoms with Crippen molar-refractivity contribution in [3.63, 3.8) is 0 Å². The third kappa shape index (κ3) is 4.82. The number of furan rings is 1. The highest BCUT2D eigenvalue weighted by molar-refractivity contribution is 6.14. The molecule has 0 N–H and O–H groups in total. The summed E-state index contributed by atoms with van der Waals surface area (Å²) in [6.45, 7) is 4.71. The van der Waals surface area contributed by atoms with Gasteiger partial charge in [-0.3, -0.25) is 0 Å². The molecule has 0 aliphatic heterocycles. The SMILES string of the molecule is CC1(C)c2ccccc2-c2c(N(c3ccc(-c4ccccc4)cc3)c3cccc4oc5ccc(C6(c7ccccc7)c7ccccc7-c7ccccc76)cc5c34)cccc21. The normalized spacial score (nSPS) is 14.1. The van der Waals surface area contributed by atoms with Crippen molar-refractivity contribution in [2.45, 2.75) is 24.7 Å². The molecular formula is C58H41NO. The van der Waals surface area contributed by atoms with Crippen molar-refractivity contribution in [2.75, 3.05) is 4.90 Å². The van der Waals surface area contributed by atoms with Crippen LogP contribution in [-0.4, -0.2) is 0 Å². The number of fused-ring (bicyclic) bond motifs is 9. The molecule has 2 aliphatic carbocycles. The van der Waals surface area contributed by atoms with Crippen molar-refractivity contribution in [1.82, 2.24) is 0 Å². The van der Waals surface area contributed by atoms with Gasteiger partial charge in [0.1, 0.15) is 11.2 Å². The zero-order valence-corrected chi connectivity index (χ0v) is 33.6. The fourth-order valence-corrected chi connectivity index (χ4v) is 10.7. The van der Waals surface area contributed by atoms with Gasteiger partial charge in [0.2, 0.25) is 0 Å². The molecule has 0 amide bonds. The number of anilines is 3. The molecular weight excluding hydrogens is 727 g/mol. The molecule has 9 aromatic carbocycles. The predicted molar refractivity (Wildman–Crippen MR) is 249 cm³/mol. The number of benzene rings is 9. The lowest BCUT2D eigenvalue weighted by Gasteiger charge is -2.34. The van der Waals surface area contributed by atoms with E-state index in [4.69, 9.17) is 4.42 Å². The highest BCUT2D eigenvalue weighted by Gasteiger charge is 2.46. The average Bonchev–Trinajstić information content (AvgIpc) is 3.92. The average molecular weight is 768 g/mol. The molecule has 1 aromatic heterocycles. The van der Waals surface area contributed by atoms with Gasteiger partial charge in [-0.25, -0.2) is 0 Å². The molecule has 0 spiro atoms. The van der Waals surface area contributed by atoms with Gasteiger partial charge in [-0.15, -0.1) is 0 Å². The van der Waals surface area contributed by atoms with Crippen molar-refractivity contribution in [3.05, 3.63) is 246 Å². The van der Waals surface area contributed by atoms with Crippen LogP contribution in [0.1, 0.15) is 47.2 Å². The molecule has 1 heterocycles. The maximum atomic E-state index is 6.84. The van der Waals surface area contributed by atoms with Gasteiger partial charge in [0, 0.05) is 22.1 Å². The van der Waals surface area contributed by atoms with E-state index in [1.807, 2.05) is 0 Å². The van der Waals surface area contributed by atoms with Crippen LogP contribution < -0.4 is 4.90 Å². The maximum Gasteiger partial charge on any atom is 0.137 e. The van der Waals surface area contributed by atoms with E-state index in [1.165, 1.54) is 66.8 Å². The molecule has 0 unspecified atom stereocenters. The first-order valence-corrected chi connectivity index (χ1v) is 20.9. The predicted octanol–water partition coefficient (Wildman–Crippen LogP) is 15.4. The summed E-state index contributed by atoms with van der Waals surface area (Å²) in [5, 5.41) is 2.18. The van der Waals surface area contributed by atoms with E-state index in [0.717, 1.165) is 39.0 Å². The third-order valence-corrected chi connectivity index (χ3v) is 13.4. The third-order valence-electron chi connectivity index (χ3n) is 13.4. The molecule has 2 aliphatic rings. The van der Waals surface area contributed by atoms with Crippen LogP contribution in [0.5, 0.6) is 0 Å². The lowest BCUT2D eigenvalue weighted by molar-refractivity contribution is 0.660. The molecule has 0 saturated carbocycles. The minimum atomic E-state index is -0.524. The monoisotopic (exact) mass is 767 g/mol. The highest BCUT2D eigenvalue weighted by atomic mass is 16.3. The van der Waals surface area contributed by atoms with E-state index in [0.29, 0.717) is 0 Å². The zero-order valence-electron chi connectivity index (χ0n) is 33.6. The first-order chi connectivity index (χ1) is 29.5. The molecule has 2 heteroatoms. The van der Waals surface area contributed by atoms with Gasteiger partial charge in [-0.05, 0) is 104 Å². The molecule has 60 heavy (non-hydrogen) atoms. The van der Waals surface area contributed by atoms with Gasteiger partial charge < -0.3 is 9.32 Å². The largest absolute Gasteiger partial charge is 0.456 e. The Morgan fingerprint density at radius 2 is 0.967 bits per heavy atom. The van der Waals surface area contributed by atoms with Crippen molar-refractivity contribution in [1.29, 1.82) is 0 Å². The summed E-state index contributed by atoms with van der Waals surface area (Å²) in [7, 11) is 0. The van der Waals surface area contributed by atoms with E-state index in [9.17, 15) is 0 Å². The van der Waals surface area contributed by atoms with E-state index in [1.54, 1.807) is 0 Å². The fraction of sp³-hybridized carbons (Fsp3) is 0.0690. The summed E-state index contributed by atoms with van der Waals surface area (Å²) in [5.74, 6) is 0. The van der Waals surface area contributed by atoms with Crippen LogP contribution in [0.15, 0.2) is 217 Å². The molecule has 0 fully saturated rings. The van der Waals surface area contributed by atoms with E-state index < -0.39 is 5.41 Å². The Balaban J connectivity index is 1.14. The van der Waals surface area contributed by atoms with Crippen LogP contribution >= 0.6 is 0 Å². The summed E-state index contributed by atoms with van der Waals surface area (Å²) in [4.78, 5) is 2.48. The van der Waals surface area contributed by atoms with Gasteiger partial charge in [0.15, 0.2) is 0 Å². The van der Waals surface area contributed by atoms with Gasteiger partial charge in [-0.1, -0.05) is 184 Å². The van der Waals surface area contributed by atoms with E-state index in [2.05, 4.69) is 231 Å². The first kappa shape index (κ1) is 34.6. The van der Waals surface area contributed by atoms with Crippen molar-refractivity contribution in [3.8, 4) is 33.4 Å². The quantitative estimate of drug-likeness (QED) is 0.168. The maximum absolute atomic E-state index is 6.84. The Kier molecular flexibility index (Phi) is 7.52. The molecule has 10 aromatic rings. The molecule has 0 atom stereocenters. The number of rotatable bonds is 6. The Hall–Kier alpha value is -7.42. The smallest absolute Gasteiger partial charge is 0.137 e. The molecule has 0 bridgehead atoms. The second-order valence-electron chi connectivity index (χ2n) is 16.8. The lowest BCUT2D eigenvalue weighted by Crippen LogP contribution is -2.28. The highest BCUT2D eigenvalue weighted by Crippen LogP contribution is 2.58. The Bertz CT molecular complexity index is 3240. The number of hydrogen-bond donors (Lipinski definition) is 0. The molecule has 12 rings (SSSR count). The van der Waals surface area contributed by atoms with Crippen molar-refractivity contribution >= 4 is 39.0 Å². The molecule has 284 valence electrons. The minimum absolute atomic E-state index is 0.145. The minimum Gasteiger partial charge on any atom is -0.456 e. The molecule has 0 saturated heterocycles. The van der Waals surface area contributed by atoms with Crippen LogP contribution in [0.4, 0.5) is 17.1 Å². The van der Waals surface area contributed by atoms with Crippen molar-refractivity contribution in [2.24, 2.45) is 0 Å². The summed E-state index contributed by atoms with van der Waals surface area (Å²) in [5.41, 5.74) is 19.6. The second-order valence-corrected chi connectivity index (χ2v) is 16.8. The summed E-state index contributed by atoms with van der Waals surface area (Å²) < 4.78 is 6.84. The van der Waals surface area contributed by atoms with Gasteiger partial charge in [0.25, 0.3) is 0 Å². The Morgan fingerprint density at radius 1 is 0.400 bits per heavy atom. The van der Waals surface area contributed by atoms with Gasteiger partial charge in [-0.2, -0.15) is 0 Å². The summed E-state index contributed by atoms with van der Waals surface area (Å²) >= 11 is 0. The van der Waals surface area contributed by atoms with Crippen molar-refractivity contribution < 1.29 is 4.42 Å². The summed E-state index contributed by atoms with van der Waals surface area (Å²) in [6, 6.07) is 77.8. The Labute approximate surface area is 350 Å². The molecule has 0 radical (unpaired) electrons. The first-order valence-electron chi connectivity index (χ1n) is 20.9. The number of nitrogens with zero attached hydrogens (tertiary/aromatic N) is 1. The topological polar surface area (TPSA) is 16.4 Å². The van der Waals surface area contributed by atoms with Gasteiger partial charge >= 0.3 is 0 Å². The Morgan fingerprint density at radius 3 is 1.68 bits per heavy atom. The van der Waals surface area contributed by atoms with E-state index in [-0.39, 0.29) is 5.41 Å². The van der Waals surface area contributed by atoms with E-state index >= 15 is 0 Å². The van der Waals surface area contributed by atoms with Crippen LogP contribution in [0.3, 0.4) is 0 Å². The standard InChI is InChI=1S/C58H41NO/c1-57(2)47-24-12-11-23-45(47)55-50(57)27-15-28-51(55)59(42-34-31-39(32-35-42)38-17-5-3-6-18-38)52-29-16-30-54-56(52)46-37-41(33-36-53(46)60-54)58(40-19-7-4-8-20-40)48-25-13-9-21-43(48)44-22-10-14-26-49(44)58/h3-37H,1-2H3. The van der Waals surface area contributed by atoms with Gasteiger partial charge in [0.05, 0.1) is 22.2 Å². The van der Waals surface area contributed by atoms with Crippen LogP contribution in [0, 0.1) is 0 Å². The lowest BCUT2D eigenvalue weighted by atomic mass is 9.67. The second kappa shape index (κ2) is 13.0. The summed E-state index contributed by atoms with van der Waals surface area (Å²) in [6.07, 6.45) is 0. The fourth-order valence-electron chi connectivity index (χ4n) is 10.7.